The van der Waals surface area contributed by atoms with Gasteiger partial charge in [0.2, 0.25) is 0 Å². The van der Waals surface area contributed by atoms with E-state index in [9.17, 15) is 9.90 Å². The van der Waals surface area contributed by atoms with E-state index in [4.69, 9.17) is 0 Å². The van der Waals surface area contributed by atoms with E-state index in [0.717, 1.165) is 16.8 Å². The lowest BCUT2D eigenvalue weighted by molar-refractivity contribution is 0.0698. The Bertz CT molecular complexity index is 633. The van der Waals surface area contributed by atoms with E-state index in [2.05, 4.69) is 5.32 Å². The summed E-state index contributed by atoms with van der Waals surface area (Å²) in [4.78, 5) is 11.2. The average Bonchev–Trinajstić information content (AvgIpc) is 2.35. The van der Waals surface area contributed by atoms with Crippen molar-refractivity contribution in [3.63, 3.8) is 0 Å². The summed E-state index contributed by atoms with van der Waals surface area (Å²) in [5, 5.41) is 12.4. The van der Waals surface area contributed by atoms with Crippen molar-refractivity contribution in [1.29, 1.82) is 0 Å². The quantitative estimate of drug-likeness (QED) is 0.869. The number of carboxylic acid groups (broad SMARTS) is 1. The van der Waals surface area contributed by atoms with Crippen molar-refractivity contribution >= 4 is 17.3 Å². The molecule has 2 rings (SSSR count). The number of hydrogen-bond acceptors (Lipinski definition) is 2. The van der Waals surface area contributed by atoms with Gasteiger partial charge in [0.15, 0.2) is 0 Å². The summed E-state index contributed by atoms with van der Waals surface area (Å²) < 4.78 is 0. The molecule has 0 bridgehead atoms. The van der Waals surface area contributed by atoms with Crippen LogP contribution in [0.25, 0.3) is 0 Å². The van der Waals surface area contributed by atoms with Gasteiger partial charge in [-0.25, -0.2) is 4.79 Å². The van der Waals surface area contributed by atoms with E-state index in [0.29, 0.717) is 5.69 Å². The minimum atomic E-state index is -0.923. The third kappa shape index (κ3) is 2.76. The maximum Gasteiger partial charge on any atom is 0.337 e. The number of aryl methyl sites for hydroxylation is 2. The Morgan fingerprint density at radius 3 is 2.47 bits per heavy atom. The highest BCUT2D eigenvalue weighted by Gasteiger charge is 2.11. The summed E-state index contributed by atoms with van der Waals surface area (Å²) in [5.41, 5.74) is 5.17. The summed E-state index contributed by atoms with van der Waals surface area (Å²) in [7, 11) is 0. The zero-order chi connectivity index (χ0) is 14.0. The number of rotatable bonds is 3. The first kappa shape index (κ1) is 13.1. The van der Waals surface area contributed by atoms with Gasteiger partial charge in [0.25, 0.3) is 0 Å². The molecule has 0 aliphatic rings. The van der Waals surface area contributed by atoms with Crippen LogP contribution in [-0.2, 0) is 0 Å². The van der Waals surface area contributed by atoms with Gasteiger partial charge in [-0.2, -0.15) is 0 Å². The highest BCUT2D eigenvalue weighted by Crippen LogP contribution is 2.26. The van der Waals surface area contributed by atoms with Gasteiger partial charge in [0.05, 0.1) is 11.3 Å². The molecule has 0 atom stereocenters. The predicted molar refractivity (Wildman–Crippen MR) is 77.3 cm³/mol. The zero-order valence-electron chi connectivity index (χ0n) is 11.3. The zero-order valence-corrected chi connectivity index (χ0v) is 11.3. The van der Waals surface area contributed by atoms with Crippen LogP contribution in [-0.4, -0.2) is 11.1 Å². The van der Waals surface area contributed by atoms with Crippen LogP contribution in [0.15, 0.2) is 36.4 Å². The molecule has 0 saturated carbocycles. The van der Waals surface area contributed by atoms with Crippen molar-refractivity contribution < 1.29 is 9.90 Å². The van der Waals surface area contributed by atoms with Gasteiger partial charge in [-0.05, 0) is 55.7 Å². The number of aromatic carboxylic acids is 1. The molecule has 0 aliphatic heterocycles. The Balaban J connectivity index is 2.45. The average molecular weight is 255 g/mol. The van der Waals surface area contributed by atoms with E-state index in [1.165, 1.54) is 5.56 Å². The van der Waals surface area contributed by atoms with Gasteiger partial charge in [0.1, 0.15) is 0 Å². The second-order valence-electron chi connectivity index (χ2n) is 4.73. The Morgan fingerprint density at radius 2 is 1.79 bits per heavy atom. The molecule has 0 spiro atoms. The minimum absolute atomic E-state index is 0.284. The number of anilines is 2. The van der Waals surface area contributed by atoms with Gasteiger partial charge in [-0.3, -0.25) is 0 Å². The molecule has 0 amide bonds. The second-order valence-corrected chi connectivity index (χ2v) is 4.73. The summed E-state index contributed by atoms with van der Waals surface area (Å²) in [6, 6.07) is 11.2. The highest BCUT2D eigenvalue weighted by molar-refractivity contribution is 5.95. The summed E-state index contributed by atoms with van der Waals surface area (Å²) in [5.74, 6) is -0.923. The van der Waals surface area contributed by atoms with Gasteiger partial charge < -0.3 is 10.4 Å². The second kappa shape index (κ2) is 5.14. The molecular weight excluding hydrogens is 238 g/mol. The topological polar surface area (TPSA) is 49.3 Å². The number of benzene rings is 2. The van der Waals surface area contributed by atoms with Crippen molar-refractivity contribution in [2.45, 2.75) is 20.8 Å². The van der Waals surface area contributed by atoms with Crippen LogP contribution in [0.4, 0.5) is 11.4 Å². The molecule has 0 fully saturated rings. The Kier molecular flexibility index (Phi) is 3.56. The number of hydrogen-bond donors (Lipinski definition) is 2. The SMILES string of the molecule is Cc1ccc(C(=O)O)c(Nc2cccc(C)c2C)c1. The third-order valence-electron chi connectivity index (χ3n) is 3.28. The first-order chi connectivity index (χ1) is 8.99. The Morgan fingerprint density at radius 1 is 1.05 bits per heavy atom. The molecule has 2 N–H and O–H groups in total. The molecule has 19 heavy (non-hydrogen) atoms. The molecule has 3 heteroatoms. The molecule has 2 aromatic rings. The van der Waals surface area contributed by atoms with Crippen molar-refractivity contribution in [2.75, 3.05) is 5.32 Å². The molecule has 0 radical (unpaired) electrons. The van der Waals surface area contributed by atoms with Gasteiger partial charge in [0, 0.05) is 5.69 Å². The predicted octanol–water partition coefficient (Wildman–Crippen LogP) is 4.05. The van der Waals surface area contributed by atoms with Crippen LogP contribution in [0.3, 0.4) is 0 Å². The van der Waals surface area contributed by atoms with Crippen LogP contribution in [0, 0.1) is 20.8 Å². The normalized spacial score (nSPS) is 10.3. The maximum absolute atomic E-state index is 11.2. The van der Waals surface area contributed by atoms with Crippen molar-refractivity contribution in [3.8, 4) is 0 Å². The lowest BCUT2D eigenvalue weighted by atomic mass is 10.1. The molecule has 2 aromatic carbocycles. The molecule has 0 unspecified atom stereocenters. The van der Waals surface area contributed by atoms with E-state index in [1.807, 2.05) is 45.0 Å². The van der Waals surface area contributed by atoms with E-state index in [1.54, 1.807) is 12.1 Å². The fourth-order valence-corrected chi connectivity index (χ4v) is 1.98. The van der Waals surface area contributed by atoms with E-state index < -0.39 is 5.97 Å². The van der Waals surface area contributed by atoms with Crippen molar-refractivity contribution in [2.24, 2.45) is 0 Å². The largest absolute Gasteiger partial charge is 0.478 e. The van der Waals surface area contributed by atoms with Crippen LogP contribution >= 0.6 is 0 Å². The minimum Gasteiger partial charge on any atom is -0.478 e. The molecule has 0 saturated heterocycles. The molecule has 98 valence electrons. The van der Waals surface area contributed by atoms with Gasteiger partial charge in [-0.15, -0.1) is 0 Å². The fourth-order valence-electron chi connectivity index (χ4n) is 1.98. The molecule has 0 aromatic heterocycles. The van der Waals surface area contributed by atoms with Crippen molar-refractivity contribution in [3.05, 3.63) is 58.7 Å². The van der Waals surface area contributed by atoms with Crippen molar-refractivity contribution in [1.82, 2.24) is 0 Å². The first-order valence-corrected chi connectivity index (χ1v) is 6.16. The third-order valence-corrected chi connectivity index (χ3v) is 3.28. The van der Waals surface area contributed by atoms with Crippen LogP contribution in [0.1, 0.15) is 27.0 Å². The Labute approximate surface area is 112 Å². The lowest BCUT2D eigenvalue weighted by Gasteiger charge is -2.14. The monoisotopic (exact) mass is 255 g/mol. The molecule has 0 aliphatic carbocycles. The molecule has 0 heterocycles. The standard InChI is InChI=1S/C16H17NO2/c1-10-7-8-13(16(18)19)15(9-10)17-14-6-4-5-11(2)12(14)3/h4-9,17H,1-3H3,(H,18,19). The van der Waals surface area contributed by atoms with Crippen LogP contribution < -0.4 is 5.32 Å². The summed E-state index contributed by atoms with van der Waals surface area (Å²) in [6.45, 7) is 6.00. The van der Waals surface area contributed by atoms with Gasteiger partial charge in [-0.1, -0.05) is 18.2 Å². The lowest BCUT2D eigenvalue weighted by Crippen LogP contribution is -2.04. The smallest absolute Gasteiger partial charge is 0.337 e. The first-order valence-electron chi connectivity index (χ1n) is 6.16. The number of carbonyl (C=O) groups is 1. The van der Waals surface area contributed by atoms with Crippen LogP contribution in [0.5, 0.6) is 0 Å². The Hall–Kier alpha value is -2.29. The molecule has 3 nitrogen and oxygen atoms in total. The molecular formula is C16H17NO2. The number of carboxylic acids is 1. The summed E-state index contributed by atoms with van der Waals surface area (Å²) >= 11 is 0. The van der Waals surface area contributed by atoms with E-state index in [-0.39, 0.29) is 5.56 Å². The maximum atomic E-state index is 11.2. The van der Waals surface area contributed by atoms with E-state index >= 15 is 0 Å². The van der Waals surface area contributed by atoms with Crippen LogP contribution in [0.2, 0.25) is 0 Å². The summed E-state index contributed by atoms with van der Waals surface area (Å²) in [6.07, 6.45) is 0. The van der Waals surface area contributed by atoms with Gasteiger partial charge >= 0.3 is 5.97 Å². The highest BCUT2D eigenvalue weighted by atomic mass is 16.4. The number of nitrogens with one attached hydrogen (secondary N) is 1. The fraction of sp³-hybridized carbons (Fsp3) is 0.188.